The van der Waals surface area contributed by atoms with Crippen LogP contribution in [0.1, 0.15) is 45.1 Å². The normalized spacial score (nSPS) is 12.4. The zero-order valence-electron chi connectivity index (χ0n) is 16.2. The summed E-state index contributed by atoms with van der Waals surface area (Å²) in [5, 5.41) is 2.91. The summed E-state index contributed by atoms with van der Waals surface area (Å²) in [6.45, 7) is 6.03. The van der Waals surface area contributed by atoms with Gasteiger partial charge in [0, 0.05) is 17.3 Å². The minimum Gasteiger partial charge on any atom is -0.326 e. The monoisotopic (exact) mass is 388 g/mol. The first-order valence-electron chi connectivity index (χ1n) is 9.36. The first-order chi connectivity index (χ1) is 12.9. The van der Waals surface area contributed by atoms with Crippen LogP contribution in [0.3, 0.4) is 0 Å². The Bertz CT molecular complexity index is 844. The van der Waals surface area contributed by atoms with Crippen molar-refractivity contribution in [3.63, 3.8) is 0 Å². The number of aryl methyl sites for hydroxylation is 1. The maximum atomic E-state index is 12.4. The van der Waals surface area contributed by atoms with Gasteiger partial charge in [0.2, 0.25) is 5.91 Å². The third-order valence-corrected chi connectivity index (χ3v) is 5.90. The fourth-order valence-electron chi connectivity index (χ4n) is 2.77. The Labute approximate surface area is 162 Å². The van der Waals surface area contributed by atoms with E-state index in [0.29, 0.717) is 11.4 Å². The molecular formula is C21H28N2O3S. The molecule has 0 aliphatic carbocycles. The molecule has 146 valence electrons. The molecule has 0 bridgehead atoms. The number of hydrogen-bond donors (Lipinski definition) is 2. The number of unbranched alkanes of at least 4 members (excludes halogenated alkanes) is 1. The van der Waals surface area contributed by atoms with Gasteiger partial charge in [0.15, 0.2) is 0 Å². The summed E-state index contributed by atoms with van der Waals surface area (Å²) < 4.78 is 27.4. The molecule has 2 rings (SSSR count). The number of carbonyl (C=O) groups is 1. The zero-order valence-corrected chi connectivity index (χ0v) is 17.0. The van der Waals surface area contributed by atoms with Crippen molar-refractivity contribution in [2.24, 2.45) is 5.92 Å². The van der Waals surface area contributed by atoms with E-state index >= 15 is 0 Å². The summed E-state index contributed by atoms with van der Waals surface area (Å²) in [5.74, 6) is 0.0172. The lowest BCUT2D eigenvalue weighted by Gasteiger charge is -2.15. The highest BCUT2D eigenvalue weighted by atomic mass is 32.2. The van der Waals surface area contributed by atoms with Crippen molar-refractivity contribution in [1.82, 2.24) is 0 Å². The van der Waals surface area contributed by atoms with E-state index in [1.54, 1.807) is 48.5 Å². The SMILES string of the molecule is CCCC[C@H](CC)C(=O)Nc1ccc(NS(=O)(=O)c2ccc(C)cc2)cc1. The van der Waals surface area contributed by atoms with Gasteiger partial charge in [-0.3, -0.25) is 9.52 Å². The molecule has 0 aliphatic heterocycles. The fraction of sp³-hybridized carbons (Fsp3) is 0.381. The summed E-state index contributed by atoms with van der Waals surface area (Å²) >= 11 is 0. The first-order valence-corrected chi connectivity index (χ1v) is 10.8. The van der Waals surface area contributed by atoms with Crippen molar-refractivity contribution < 1.29 is 13.2 Å². The van der Waals surface area contributed by atoms with Crippen molar-refractivity contribution in [1.29, 1.82) is 0 Å². The maximum Gasteiger partial charge on any atom is 0.261 e. The quantitative estimate of drug-likeness (QED) is 0.638. The Morgan fingerprint density at radius 2 is 1.56 bits per heavy atom. The van der Waals surface area contributed by atoms with Crippen LogP contribution in [0.4, 0.5) is 11.4 Å². The van der Waals surface area contributed by atoms with E-state index in [1.165, 1.54) is 0 Å². The Morgan fingerprint density at radius 1 is 0.963 bits per heavy atom. The smallest absolute Gasteiger partial charge is 0.261 e. The Hall–Kier alpha value is -2.34. The van der Waals surface area contributed by atoms with Gasteiger partial charge in [0.05, 0.1) is 4.90 Å². The molecular weight excluding hydrogens is 360 g/mol. The van der Waals surface area contributed by atoms with E-state index in [4.69, 9.17) is 0 Å². The van der Waals surface area contributed by atoms with Crippen LogP contribution in [0.15, 0.2) is 53.4 Å². The van der Waals surface area contributed by atoms with E-state index in [2.05, 4.69) is 17.0 Å². The molecule has 2 aromatic carbocycles. The molecule has 0 radical (unpaired) electrons. The number of benzene rings is 2. The standard InChI is InChI=1S/C21H28N2O3S/c1-4-6-7-17(5-2)21(24)22-18-10-12-19(13-11-18)23-27(25,26)20-14-8-16(3)9-15-20/h8-15,17,23H,4-7H2,1-3H3,(H,22,24)/t17-/m0/s1. The van der Waals surface area contributed by atoms with E-state index in [9.17, 15) is 13.2 Å². The van der Waals surface area contributed by atoms with Crippen LogP contribution in [-0.4, -0.2) is 14.3 Å². The van der Waals surface area contributed by atoms with E-state index in [0.717, 1.165) is 31.2 Å². The molecule has 1 amide bonds. The van der Waals surface area contributed by atoms with Gasteiger partial charge >= 0.3 is 0 Å². The van der Waals surface area contributed by atoms with Gasteiger partial charge in [-0.25, -0.2) is 8.42 Å². The lowest BCUT2D eigenvalue weighted by Crippen LogP contribution is -2.22. The van der Waals surface area contributed by atoms with Crippen LogP contribution in [0.25, 0.3) is 0 Å². The number of nitrogens with one attached hydrogen (secondary N) is 2. The van der Waals surface area contributed by atoms with Gasteiger partial charge in [0.1, 0.15) is 0 Å². The molecule has 6 heteroatoms. The number of amides is 1. The molecule has 27 heavy (non-hydrogen) atoms. The minimum atomic E-state index is -3.63. The van der Waals surface area contributed by atoms with Crippen LogP contribution in [-0.2, 0) is 14.8 Å². The predicted octanol–water partition coefficient (Wildman–Crippen LogP) is 4.95. The molecule has 0 fully saturated rings. The van der Waals surface area contributed by atoms with Gasteiger partial charge in [-0.2, -0.15) is 0 Å². The second-order valence-corrected chi connectivity index (χ2v) is 8.41. The lowest BCUT2D eigenvalue weighted by molar-refractivity contribution is -0.120. The Balaban J connectivity index is 2.02. The number of anilines is 2. The lowest BCUT2D eigenvalue weighted by atomic mass is 9.98. The largest absolute Gasteiger partial charge is 0.326 e. The van der Waals surface area contributed by atoms with Crippen LogP contribution in [0.2, 0.25) is 0 Å². The molecule has 0 saturated carbocycles. The van der Waals surface area contributed by atoms with E-state index in [1.807, 2.05) is 13.8 Å². The molecule has 1 atom stereocenters. The number of rotatable bonds is 9. The maximum absolute atomic E-state index is 12.4. The molecule has 0 aromatic heterocycles. The Morgan fingerprint density at radius 3 is 2.11 bits per heavy atom. The average Bonchev–Trinajstić information content (AvgIpc) is 2.64. The Kier molecular flexibility index (Phi) is 7.42. The van der Waals surface area contributed by atoms with E-state index < -0.39 is 10.0 Å². The van der Waals surface area contributed by atoms with Crippen molar-refractivity contribution in [3.8, 4) is 0 Å². The van der Waals surface area contributed by atoms with Crippen LogP contribution >= 0.6 is 0 Å². The molecule has 0 aliphatic rings. The van der Waals surface area contributed by atoms with Crippen LogP contribution in [0.5, 0.6) is 0 Å². The predicted molar refractivity (Wildman–Crippen MR) is 110 cm³/mol. The van der Waals surface area contributed by atoms with Crippen LogP contribution in [0, 0.1) is 12.8 Å². The van der Waals surface area contributed by atoms with Crippen molar-refractivity contribution >= 4 is 27.3 Å². The highest BCUT2D eigenvalue weighted by molar-refractivity contribution is 7.92. The molecule has 0 spiro atoms. The van der Waals surface area contributed by atoms with Crippen molar-refractivity contribution in [2.75, 3.05) is 10.0 Å². The average molecular weight is 389 g/mol. The first kappa shape index (κ1) is 21.0. The second-order valence-electron chi connectivity index (χ2n) is 6.73. The summed E-state index contributed by atoms with van der Waals surface area (Å²) in [7, 11) is -3.63. The number of sulfonamides is 1. The highest BCUT2D eigenvalue weighted by Crippen LogP contribution is 2.20. The van der Waals surface area contributed by atoms with Gasteiger partial charge in [-0.05, 0) is 56.2 Å². The van der Waals surface area contributed by atoms with Gasteiger partial charge in [-0.1, -0.05) is 44.4 Å². The molecule has 0 saturated heterocycles. The van der Waals surface area contributed by atoms with Crippen molar-refractivity contribution in [2.45, 2.75) is 51.3 Å². The summed E-state index contributed by atoms with van der Waals surface area (Å²) in [5.41, 5.74) is 2.11. The van der Waals surface area contributed by atoms with Gasteiger partial charge in [0.25, 0.3) is 10.0 Å². The van der Waals surface area contributed by atoms with Gasteiger partial charge < -0.3 is 5.32 Å². The highest BCUT2D eigenvalue weighted by Gasteiger charge is 2.16. The molecule has 5 nitrogen and oxygen atoms in total. The van der Waals surface area contributed by atoms with Gasteiger partial charge in [-0.15, -0.1) is 0 Å². The summed E-state index contributed by atoms with van der Waals surface area (Å²) in [4.78, 5) is 12.6. The number of carbonyl (C=O) groups excluding carboxylic acids is 1. The minimum absolute atomic E-state index is 0.00432. The topological polar surface area (TPSA) is 75.3 Å². The second kappa shape index (κ2) is 9.55. The van der Waals surface area contributed by atoms with Crippen LogP contribution < -0.4 is 10.0 Å². The summed E-state index contributed by atoms with van der Waals surface area (Å²) in [6, 6.07) is 13.4. The summed E-state index contributed by atoms with van der Waals surface area (Å²) in [6.07, 6.45) is 3.79. The molecule has 2 N–H and O–H groups in total. The van der Waals surface area contributed by atoms with Crippen molar-refractivity contribution in [3.05, 3.63) is 54.1 Å². The molecule has 0 unspecified atom stereocenters. The third kappa shape index (κ3) is 6.10. The molecule has 2 aromatic rings. The zero-order chi connectivity index (χ0) is 19.9. The van der Waals surface area contributed by atoms with E-state index in [-0.39, 0.29) is 16.7 Å². The third-order valence-electron chi connectivity index (χ3n) is 4.51. The fourth-order valence-corrected chi connectivity index (χ4v) is 3.83. The number of hydrogen-bond acceptors (Lipinski definition) is 3. The molecule has 0 heterocycles.